The van der Waals surface area contributed by atoms with Crippen molar-refractivity contribution in [2.75, 3.05) is 0 Å². The average Bonchev–Trinajstić information content (AvgIpc) is 2.67. The first-order chi connectivity index (χ1) is 11.8. The van der Waals surface area contributed by atoms with Crippen LogP contribution < -0.4 is 5.48 Å². The second kappa shape index (κ2) is 7.18. The number of hydrogen-bond acceptors (Lipinski definition) is 4. The van der Waals surface area contributed by atoms with Gasteiger partial charge in [-0.15, -0.1) is 0 Å². The maximum absolute atomic E-state index is 11.4. The molecule has 0 fully saturated rings. The number of amides is 1. The maximum atomic E-state index is 11.4. The molecule has 0 unspecified atom stereocenters. The average molecular weight is 315 g/mol. The highest BCUT2D eigenvalue weighted by Gasteiger charge is 2.07. The maximum Gasteiger partial charge on any atom is 0.293 e. The minimum Gasteiger partial charge on any atom is -0.288 e. The first-order valence-electron chi connectivity index (χ1n) is 7.20. The third kappa shape index (κ3) is 3.64. The van der Waals surface area contributed by atoms with Crippen molar-refractivity contribution in [3.63, 3.8) is 0 Å². The molecule has 5 nitrogen and oxygen atoms in total. The van der Waals surface area contributed by atoms with E-state index in [1.54, 1.807) is 30.0 Å². The van der Waals surface area contributed by atoms with Crippen LogP contribution >= 0.6 is 0 Å². The van der Waals surface area contributed by atoms with Gasteiger partial charge in [0.25, 0.3) is 5.91 Å². The summed E-state index contributed by atoms with van der Waals surface area (Å²) in [4.78, 5) is 19.7. The summed E-state index contributed by atoms with van der Waals surface area (Å²) in [6.45, 7) is 0. The summed E-state index contributed by atoms with van der Waals surface area (Å²) in [6.07, 6.45) is 3.42. The Morgan fingerprint density at radius 3 is 2.46 bits per heavy atom. The Labute approximate surface area is 139 Å². The van der Waals surface area contributed by atoms with Gasteiger partial charge in [0, 0.05) is 29.1 Å². The Bertz CT molecular complexity index is 911. The molecule has 1 amide bonds. The standard InChI is InChI=1S/C19H13N3O2/c23-19(22-24)18-5-1-4-17(21-18)16-10-8-14(9-11-16)6-7-15-3-2-12-20-13-15/h1-5,8-13,24H,(H,22,23). The normalized spacial score (nSPS) is 9.71. The molecule has 0 bridgehead atoms. The predicted molar refractivity (Wildman–Crippen MR) is 89.1 cm³/mol. The molecule has 1 aromatic carbocycles. The van der Waals surface area contributed by atoms with Crippen molar-refractivity contribution in [2.24, 2.45) is 0 Å². The van der Waals surface area contributed by atoms with Crippen LogP contribution in [-0.2, 0) is 0 Å². The van der Waals surface area contributed by atoms with E-state index in [1.165, 1.54) is 6.07 Å². The fourth-order valence-electron chi connectivity index (χ4n) is 2.08. The molecule has 116 valence electrons. The fraction of sp³-hybridized carbons (Fsp3) is 0. The van der Waals surface area contributed by atoms with E-state index < -0.39 is 5.91 Å². The van der Waals surface area contributed by atoms with Gasteiger partial charge in [0.2, 0.25) is 0 Å². The molecule has 24 heavy (non-hydrogen) atoms. The highest BCUT2D eigenvalue weighted by atomic mass is 16.5. The van der Waals surface area contributed by atoms with Crippen LogP contribution in [0.4, 0.5) is 0 Å². The summed E-state index contributed by atoms with van der Waals surface area (Å²) in [5.74, 6) is 5.47. The van der Waals surface area contributed by atoms with Gasteiger partial charge < -0.3 is 0 Å². The summed E-state index contributed by atoms with van der Waals surface area (Å²) in [6, 6.07) is 16.3. The van der Waals surface area contributed by atoms with Crippen molar-refractivity contribution in [1.29, 1.82) is 0 Å². The zero-order valence-corrected chi connectivity index (χ0v) is 12.6. The number of aromatic nitrogens is 2. The molecule has 0 atom stereocenters. The number of carbonyl (C=O) groups excluding carboxylic acids is 1. The molecule has 0 radical (unpaired) electrons. The SMILES string of the molecule is O=C(NO)c1cccc(-c2ccc(C#Cc3cccnc3)cc2)n1. The molecule has 3 aromatic rings. The molecule has 0 aliphatic heterocycles. The molecule has 0 saturated heterocycles. The minimum absolute atomic E-state index is 0.149. The highest BCUT2D eigenvalue weighted by Crippen LogP contribution is 2.17. The third-order valence-corrected chi connectivity index (χ3v) is 3.28. The van der Waals surface area contributed by atoms with Crippen LogP contribution in [0.15, 0.2) is 67.0 Å². The molecule has 0 saturated carbocycles. The molecule has 2 aromatic heterocycles. The predicted octanol–water partition coefficient (Wildman–Crippen LogP) is 2.66. The lowest BCUT2D eigenvalue weighted by Crippen LogP contribution is -2.19. The summed E-state index contributed by atoms with van der Waals surface area (Å²) < 4.78 is 0. The van der Waals surface area contributed by atoms with Gasteiger partial charge in [-0.3, -0.25) is 15.0 Å². The van der Waals surface area contributed by atoms with E-state index in [4.69, 9.17) is 5.21 Å². The number of nitrogens with zero attached hydrogens (tertiary/aromatic N) is 2. The lowest BCUT2D eigenvalue weighted by atomic mass is 10.1. The Balaban J connectivity index is 1.83. The molecule has 0 spiro atoms. The van der Waals surface area contributed by atoms with Crippen molar-refractivity contribution in [2.45, 2.75) is 0 Å². The van der Waals surface area contributed by atoms with Gasteiger partial charge in [0.05, 0.1) is 5.69 Å². The van der Waals surface area contributed by atoms with E-state index in [0.29, 0.717) is 5.69 Å². The number of hydroxylamine groups is 1. The van der Waals surface area contributed by atoms with E-state index in [-0.39, 0.29) is 5.69 Å². The quantitative estimate of drug-likeness (QED) is 0.433. The summed E-state index contributed by atoms with van der Waals surface area (Å²) in [7, 11) is 0. The number of carbonyl (C=O) groups is 1. The number of benzene rings is 1. The summed E-state index contributed by atoms with van der Waals surface area (Å²) in [5.41, 5.74) is 4.94. The van der Waals surface area contributed by atoms with Gasteiger partial charge in [0.1, 0.15) is 5.69 Å². The molecule has 2 N–H and O–H groups in total. The molecular formula is C19H13N3O2. The second-order valence-electron chi connectivity index (χ2n) is 4.92. The van der Waals surface area contributed by atoms with Gasteiger partial charge in [-0.1, -0.05) is 30.0 Å². The fourth-order valence-corrected chi connectivity index (χ4v) is 2.08. The zero-order chi connectivity index (χ0) is 16.8. The first kappa shape index (κ1) is 15.4. The number of pyridine rings is 2. The lowest BCUT2D eigenvalue weighted by molar-refractivity contribution is 0.0701. The van der Waals surface area contributed by atoms with Gasteiger partial charge >= 0.3 is 0 Å². The summed E-state index contributed by atoms with van der Waals surface area (Å²) >= 11 is 0. The van der Waals surface area contributed by atoms with E-state index in [9.17, 15) is 4.79 Å². The molecule has 3 rings (SSSR count). The van der Waals surface area contributed by atoms with Crippen molar-refractivity contribution in [3.8, 4) is 23.1 Å². The van der Waals surface area contributed by atoms with E-state index in [2.05, 4.69) is 21.8 Å². The Morgan fingerprint density at radius 2 is 1.75 bits per heavy atom. The first-order valence-corrected chi connectivity index (χ1v) is 7.20. The number of nitrogens with one attached hydrogen (secondary N) is 1. The van der Waals surface area contributed by atoms with E-state index >= 15 is 0 Å². The van der Waals surface area contributed by atoms with Crippen molar-refractivity contribution < 1.29 is 10.0 Å². The Kier molecular flexibility index (Phi) is 4.61. The second-order valence-corrected chi connectivity index (χ2v) is 4.92. The summed E-state index contributed by atoms with van der Waals surface area (Å²) in [5, 5.41) is 8.68. The van der Waals surface area contributed by atoms with Gasteiger partial charge in [-0.05, 0) is 36.4 Å². The van der Waals surface area contributed by atoms with Gasteiger partial charge in [-0.25, -0.2) is 10.5 Å². The molecular weight excluding hydrogens is 302 g/mol. The molecule has 0 aliphatic rings. The highest BCUT2D eigenvalue weighted by molar-refractivity contribution is 5.91. The van der Waals surface area contributed by atoms with Crippen LogP contribution in [0.1, 0.15) is 21.6 Å². The van der Waals surface area contributed by atoms with Crippen molar-refractivity contribution in [1.82, 2.24) is 15.4 Å². The van der Waals surface area contributed by atoms with Crippen LogP contribution in [0.5, 0.6) is 0 Å². The lowest BCUT2D eigenvalue weighted by Gasteiger charge is -2.03. The number of hydrogen-bond donors (Lipinski definition) is 2. The molecule has 5 heteroatoms. The minimum atomic E-state index is -0.643. The van der Waals surface area contributed by atoms with Crippen LogP contribution in [-0.4, -0.2) is 21.1 Å². The Hall–Kier alpha value is -3.49. The van der Waals surface area contributed by atoms with Gasteiger partial charge in [-0.2, -0.15) is 0 Å². The third-order valence-electron chi connectivity index (χ3n) is 3.28. The smallest absolute Gasteiger partial charge is 0.288 e. The van der Waals surface area contributed by atoms with Crippen molar-refractivity contribution >= 4 is 5.91 Å². The Morgan fingerprint density at radius 1 is 0.958 bits per heavy atom. The van der Waals surface area contributed by atoms with E-state index in [0.717, 1.165) is 16.7 Å². The molecule has 0 aliphatic carbocycles. The number of rotatable bonds is 2. The van der Waals surface area contributed by atoms with Gasteiger partial charge in [0.15, 0.2) is 0 Å². The van der Waals surface area contributed by atoms with E-state index in [1.807, 2.05) is 36.4 Å². The van der Waals surface area contributed by atoms with Crippen LogP contribution in [0.25, 0.3) is 11.3 Å². The van der Waals surface area contributed by atoms with Crippen LogP contribution in [0, 0.1) is 11.8 Å². The zero-order valence-electron chi connectivity index (χ0n) is 12.6. The monoisotopic (exact) mass is 315 g/mol. The van der Waals surface area contributed by atoms with Crippen LogP contribution in [0.2, 0.25) is 0 Å². The largest absolute Gasteiger partial charge is 0.293 e. The van der Waals surface area contributed by atoms with Crippen LogP contribution in [0.3, 0.4) is 0 Å². The molecule has 2 heterocycles. The topological polar surface area (TPSA) is 75.1 Å². The van der Waals surface area contributed by atoms with Crippen molar-refractivity contribution in [3.05, 3.63) is 83.8 Å².